The van der Waals surface area contributed by atoms with E-state index in [1.807, 2.05) is 0 Å². The van der Waals surface area contributed by atoms with E-state index in [2.05, 4.69) is 51.3 Å². The summed E-state index contributed by atoms with van der Waals surface area (Å²) >= 11 is 0. The third-order valence-corrected chi connectivity index (χ3v) is 5.55. The van der Waals surface area contributed by atoms with Gasteiger partial charge in [0, 0.05) is 11.1 Å². The first-order valence-electron chi connectivity index (χ1n) is 8.13. The smallest absolute Gasteiger partial charge is 0.0125 e. The Balaban J connectivity index is 1.88. The van der Waals surface area contributed by atoms with Crippen molar-refractivity contribution >= 4 is 0 Å². The fourth-order valence-electron chi connectivity index (χ4n) is 3.80. The Morgan fingerprint density at radius 2 is 0.842 bits per heavy atom. The molecule has 0 saturated carbocycles. The first kappa shape index (κ1) is 15.3. The van der Waals surface area contributed by atoms with Crippen LogP contribution in [-0.2, 0) is 0 Å². The largest absolute Gasteiger partial charge is 0.298 e. The van der Waals surface area contributed by atoms with E-state index in [-0.39, 0.29) is 0 Å². The van der Waals surface area contributed by atoms with Gasteiger partial charge in [0.05, 0.1) is 0 Å². The molecule has 2 saturated heterocycles. The monoisotopic (exact) mass is 266 g/mol. The zero-order valence-electron chi connectivity index (χ0n) is 14.1. The molecular formula is C17H34N2. The molecule has 1 spiro atoms. The van der Waals surface area contributed by atoms with Crippen molar-refractivity contribution in [2.75, 3.05) is 26.2 Å². The number of nitrogens with zero attached hydrogens (tertiary/aromatic N) is 2. The second-order valence-corrected chi connectivity index (χ2v) is 8.82. The van der Waals surface area contributed by atoms with E-state index in [9.17, 15) is 0 Å². The molecule has 0 radical (unpaired) electrons. The molecular weight excluding hydrogens is 232 g/mol. The highest BCUT2D eigenvalue weighted by atomic mass is 15.2. The van der Waals surface area contributed by atoms with E-state index in [1.165, 1.54) is 51.9 Å². The SMILES string of the molecule is CC(C)(C)N1CCC2(CC1)CCN(C(C)(C)C)CC2. The molecule has 0 unspecified atom stereocenters. The second-order valence-electron chi connectivity index (χ2n) is 8.82. The van der Waals surface area contributed by atoms with E-state index in [4.69, 9.17) is 0 Å². The maximum Gasteiger partial charge on any atom is 0.0125 e. The zero-order chi connectivity index (χ0) is 14.3. The van der Waals surface area contributed by atoms with E-state index in [0.29, 0.717) is 16.5 Å². The lowest BCUT2D eigenvalue weighted by atomic mass is 9.70. The quantitative estimate of drug-likeness (QED) is 0.658. The van der Waals surface area contributed by atoms with Crippen molar-refractivity contribution in [3.05, 3.63) is 0 Å². The molecule has 2 aliphatic rings. The number of hydrogen-bond donors (Lipinski definition) is 0. The van der Waals surface area contributed by atoms with Crippen molar-refractivity contribution in [1.29, 1.82) is 0 Å². The molecule has 0 atom stereocenters. The van der Waals surface area contributed by atoms with Crippen LogP contribution in [0.2, 0.25) is 0 Å². The average molecular weight is 266 g/mol. The van der Waals surface area contributed by atoms with E-state index < -0.39 is 0 Å². The summed E-state index contributed by atoms with van der Waals surface area (Å²) < 4.78 is 0. The maximum atomic E-state index is 2.67. The molecule has 0 amide bonds. The molecule has 2 rings (SSSR count). The summed E-state index contributed by atoms with van der Waals surface area (Å²) in [6.07, 6.45) is 5.68. The number of piperidine rings is 2. The standard InChI is InChI=1S/C17H34N2/c1-15(2,3)18-11-7-17(8-12-18)9-13-19(14-10-17)16(4,5)6/h7-14H2,1-6H3. The molecule has 2 aliphatic heterocycles. The van der Waals surface area contributed by atoms with Gasteiger partial charge in [0.25, 0.3) is 0 Å². The third kappa shape index (κ3) is 3.52. The Kier molecular flexibility index (Phi) is 4.06. The van der Waals surface area contributed by atoms with Crippen molar-refractivity contribution in [3.8, 4) is 0 Å². The summed E-state index contributed by atoms with van der Waals surface area (Å²) in [6.45, 7) is 19.3. The minimum atomic E-state index is 0.355. The van der Waals surface area contributed by atoms with Gasteiger partial charge in [-0.3, -0.25) is 9.80 Å². The van der Waals surface area contributed by atoms with Gasteiger partial charge in [-0.25, -0.2) is 0 Å². The predicted molar refractivity (Wildman–Crippen MR) is 83.6 cm³/mol. The van der Waals surface area contributed by atoms with Crippen LogP contribution in [0.3, 0.4) is 0 Å². The Labute approximate surface area is 120 Å². The Hall–Kier alpha value is -0.0800. The van der Waals surface area contributed by atoms with Crippen LogP contribution >= 0.6 is 0 Å². The molecule has 0 aliphatic carbocycles. The summed E-state index contributed by atoms with van der Waals surface area (Å²) in [6, 6.07) is 0. The molecule has 19 heavy (non-hydrogen) atoms. The summed E-state index contributed by atoms with van der Waals surface area (Å²) in [7, 11) is 0. The predicted octanol–water partition coefficient (Wildman–Crippen LogP) is 3.76. The van der Waals surface area contributed by atoms with Crippen LogP contribution in [0.5, 0.6) is 0 Å². The maximum absolute atomic E-state index is 2.67. The fourth-order valence-corrected chi connectivity index (χ4v) is 3.80. The van der Waals surface area contributed by atoms with Crippen LogP contribution in [-0.4, -0.2) is 47.1 Å². The third-order valence-electron chi connectivity index (χ3n) is 5.55. The highest BCUT2D eigenvalue weighted by Crippen LogP contribution is 2.43. The lowest BCUT2D eigenvalue weighted by molar-refractivity contribution is -0.0162. The van der Waals surface area contributed by atoms with Crippen molar-refractivity contribution in [1.82, 2.24) is 9.80 Å². The molecule has 0 aromatic rings. The van der Waals surface area contributed by atoms with Crippen LogP contribution in [0.4, 0.5) is 0 Å². The van der Waals surface area contributed by atoms with Crippen LogP contribution in [0.1, 0.15) is 67.2 Å². The minimum absolute atomic E-state index is 0.355. The van der Waals surface area contributed by atoms with Gasteiger partial charge in [0.2, 0.25) is 0 Å². The zero-order valence-corrected chi connectivity index (χ0v) is 14.1. The summed E-state index contributed by atoms with van der Waals surface area (Å²) in [5, 5.41) is 0. The second kappa shape index (κ2) is 5.04. The first-order valence-corrected chi connectivity index (χ1v) is 8.13. The van der Waals surface area contributed by atoms with E-state index in [1.54, 1.807) is 0 Å². The van der Waals surface area contributed by atoms with Gasteiger partial charge in [-0.1, -0.05) is 0 Å². The molecule has 2 fully saturated rings. The van der Waals surface area contributed by atoms with Crippen LogP contribution in [0, 0.1) is 5.41 Å². The minimum Gasteiger partial charge on any atom is -0.298 e. The normalized spacial score (nSPS) is 26.8. The first-order chi connectivity index (χ1) is 8.62. The van der Waals surface area contributed by atoms with Crippen molar-refractivity contribution < 1.29 is 0 Å². The van der Waals surface area contributed by atoms with Crippen molar-refractivity contribution in [2.24, 2.45) is 5.41 Å². The van der Waals surface area contributed by atoms with Gasteiger partial charge >= 0.3 is 0 Å². The van der Waals surface area contributed by atoms with Gasteiger partial charge < -0.3 is 0 Å². The topological polar surface area (TPSA) is 6.48 Å². The number of likely N-dealkylation sites (tertiary alicyclic amines) is 2. The van der Waals surface area contributed by atoms with Crippen LogP contribution in [0.25, 0.3) is 0 Å². The summed E-state index contributed by atoms with van der Waals surface area (Å²) in [5.74, 6) is 0. The van der Waals surface area contributed by atoms with Gasteiger partial charge in [-0.05, 0) is 98.8 Å². The lowest BCUT2D eigenvalue weighted by Gasteiger charge is -2.51. The highest BCUT2D eigenvalue weighted by Gasteiger charge is 2.40. The number of rotatable bonds is 0. The Morgan fingerprint density at radius 1 is 0.579 bits per heavy atom. The van der Waals surface area contributed by atoms with Gasteiger partial charge in [-0.15, -0.1) is 0 Å². The van der Waals surface area contributed by atoms with Crippen molar-refractivity contribution in [2.45, 2.75) is 78.3 Å². The Morgan fingerprint density at radius 3 is 1.05 bits per heavy atom. The summed E-state index contributed by atoms with van der Waals surface area (Å²) in [5.41, 5.74) is 1.38. The lowest BCUT2D eigenvalue weighted by Crippen LogP contribution is -2.54. The van der Waals surface area contributed by atoms with E-state index >= 15 is 0 Å². The molecule has 0 N–H and O–H groups in total. The van der Waals surface area contributed by atoms with Gasteiger partial charge in [0.15, 0.2) is 0 Å². The molecule has 2 nitrogen and oxygen atoms in total. The van der Waals surface area contributed by atoms with Crippen molar-refractivity contribution in [3.63, 3.8) is 0 Å². The highest BCUT2D eigenvalue weighted by molar-refractivity contribution is 4.94. The average Bonchev–Trinajstić information content (AvgIpc) is 2.27. The molecule has 0 aromatic heterocycles. The van der Waals surface area contributed by atoms with Gasteiger partial charge in [-0.2, -0.15) is 0 Å². The molecule has 2 heteroatoms. The van der Waals surface area contributed by atoms with Gasteiger partial charge in [0.1, 0.15) is 0 Å². The molecule has 0 bridgehead atoms. The van der Waals surface area contributed by atoms with Crippen LogP contribution < -0.4 is 0 Å². The van der Waals surface area contributed by atoms with E-state index in [0.717, 1.165) is 0 Å². The van der Waals surface area contributed by atoms with Crippen LogP contribution in [0.15, 0.2) is 0 Å². The fraction of sp³-hybridized carbons (Fsp3) is 1.00. The summed E-state index contributed by atoms with van der Waals surface area (Å²) in [4.78, 5) is 5.35. The molecule has 2 heterocycles. The molecule has 0 aromatic carbocycles. The number of hydrogen-bond acceptors (Lipinski definition) is 2. The molecule has 112 valence electrons. The Bertz CT molecular complexity index is 257.